The van der Waals surface area contributed by atoms with Crippen LogP contribution in [0.25, 0.3) is 5.69 Å². The molecule has 1 aromatic heterocycles. The van der Waals surface area contributed by atoms with Crippen LogP contribution in [0.4, 0.5) is 0 Å². The number of rotatable bonds is 5. The lowest BCUT2D eigenvalue weighted by Gasteiger charge is -2.26. The van der Waals surface area contributed by atoms with E-state index in [1.54, 1.807) is 23.0 Å². The van der Waals surface area contributed by atoms with Crippen molar-refractivity contribution in [3.8, 4) is 5.69 Å². The van der Waals surface area contributed by atoms with Gasteiger partial charge in [0.15, 0.2) is 9.84 Å². The van der Waals surface area contributed by atoms with Crippen LogP contribution in [0.3, 0.4) is 0 Å². The molecule has 9 heteroatoms. The topological polar surface area (TPSA) is 85.2 Å². The zero-order valence-corrected chi connectivity index (χ0v) is 17.1. The number of hydrogen-bond acceptors (Lipinski definition) is 5. The Kier molecular flexibility index (Phi) is 5.53. The van der Waals surface area contributed by atoms with Crippen LogP contribution in [0.2, 0.25) is 5.02 Å². The molecule has 0 aliphatic carbocycles. The zero-order valence-electron chi connectivity index (χ0n) is 15.6. The van der Waals surface area contributed by atoms with Crippen molar-refractivity contribution in [2.45, 2.75) is 17.9 Å². The molecule has 1 amide bonds. The highest BCUT2D eigenvalue weighted by Gasteiger charge is 2.22. The Morgan fingerprint density at radius 3 is 2.43 bits per heavy atom. The van der Waals surface area contributed by atoms with E-state index in [-0.39, 0.29) is 27.4 Å². The Hall–Kier alpha value is -2.71. The maximum atomic E-state index is 12.9. The zero-order chi connectivity index (χ0) is 20.5. The molecule has 146 valence electrons. The van der Waals surface area contributed by atoms with E-state index in [1.165, 1.54) is 24.5 Å². The summed E-state index contributed by atoms with van der Waals surface area (Å²) in [6.45, 7) is 1.90. The molecule has 2 aromatic carbocycles. The number of carbonyl (C=O) groups is 1. The smallest absolute Gasteiger partial charge is 0.254 e. The first kappa shape index (κ1) is 20.0. The third-order valence-corrected chi connectivity index (χ3v) is 6.12. The Morgan fingerprint density at radius 2 is 1.86 bits per heavy atom. The van der Waals surface area contributed by atoms with Crippen molar-refractivity contribution in [2.75, 3.05) is 13.3 Å². The summed E-state index contributed by atoms with van der Waals surface area (Å²) in [5.74, 6) is -0.297. The van der Waals surface area contributed by atoms with Gasteiger partial charge in [0.05, 0.1) is 21.6 Å². The molecule has 0 saturated carbocycles. The standard InChI is InChI=1S/C19H19ClN4O3S/c1-13(14-4-7-16(8-5-14)24-12-21-11-22-24)23(2)19(25)15-6-9-17(20)18(10-15)28(3,26)27/h4-13H,1-3H3. The second-order valence-electron chi connectivity index (χ2n) is 6.44. The van der Waals surface area contributed by atoms with Gasteiger partial charge in [-0.05, 0) is 42.8 Å². The Bertz CT molecular complexity index is 1100. The number of hydrogen-bond donors (Lipinski definition) is 0. The number of nitrogens with zero attached hydrogens (tertiary/aromatic N) is 4. The van der Waals surface area contributed by atoms with E-state index < -0.39 is 9.84 Å². The average molecular weight is 419 g/mol. The van der Waals surface area contributed by atoms with Gasteiger partial charge in [-0.15, -0.1) is 0 Å². The van der Waals surface area contributed by atoms with Crippen molar-refractivity contribution in [3.63, 3.8) is 0 Å². The highest BCUT2D eigenvalue weighted by atomic mass is 35.5. The molecule has 0 aliphatic heterocycles. The molecule has 28 heavy (non-hydrogen) atoms. The summed E-state index contributed by atoms with van der Waals surface area (Å²) in [6.07, 6.45) is 4.12. The third-order valence-electron chi connectivity index (χ3n) is 4.54. The first-order chi connectivity index (χ1) is 13.2. The van der Waals surface area contributed by atoms with Gasteiger partial charge in [-0.1, -0.05) is 23.7 Å². The molecule has 0 bridgehead atoms. The molecule has 0 fully saturated rings. The summed E-state index contributed by atoms with van der Waals surface area (Å²) in [4.78, 5) is 18.3. The maximum absolute atomic E-state index is 12.9. The molecule has 3 aromatic rings. The molecule has 0 saturated heterocycles. The van der Waals surface area contributed by atoms with Gasteiger partial charge in [0.25, 0.3) is 5.91 Å². The van der Waals surface area contributed by atoms with E-state index in [0.29, 0.717) is 0 Å². The van der Waals surface area contributed by atoms with Crippen LogP contribution in [-0.2, 0) is 9.84 Å². The second kappa shape index (κ2) is 7.73. The van der Waals surface area contributed by atoms with Gasteiger partial charge in [-0.3, -0.25) is 4.79 Å². The van der Waals surface area contributed by atoms with E-state index in [0.717, 1.165) is 17.5 Å². The summed E-state index contributed by atoms with van der Waals surface area (Å²) >= 11 is 5.97. The predicted octanol–water partition coefficient (Wildman–Crippen LogP) is 3.16. The van der Waals surface area contributed by atoms with Gasteiger partial charge >= 0.3 is 0 Å². The van der Waals surface area contributed by atoms with Crippen LogP contribution in [0.1, 0.15) is 28.9 Å². The fourth-order valence-corrected chi connectivity index (χ4v) is 4.07. The van der Waals surface area contributed by atoms with Crippen molar-refractivity contribution in [2.24, 2.45) is 0 Å². The van der Waals surface area contributed by atoms with E-state index in [2.05, 4.69) is 10.1 Å². The fourth-order valence-electron chi connectivity index (χ4n) is 2.77. The van der Waals surface area contributed by atoms with Crippen molar-refractivity contribution in [1.29, 1.82) is 0 Å². The molecule has 3 rings (SSSR count). The summed E-state index contributed by atoms with van der Waals surface area (Å²) in [5, 5.41) is 4.18. The minimum absolute atomic E-state index is 0.0572. The van der Waals surface area contributed by atoms with Gasteiger partial charge in [0.1, 0.15) is 12.7 Å². The number of sulfone groups is 1. The highest BCUT2D eigenvalue weighted by Crippen LogP contribution is 2.26. The minimum atomic E-state index is -3.53. The highest BCUT2D eigenvalue weighted by molar-refractivity contribution is 7.90. The van der Waals surface area contributed by atoms with E-state index in [1.807, 2.05) is 31.2 Å². The van der Waals surface area contributed by atoms with Gasteiger partial charge in [-0.2, -0.15) is 5.10 Å². The molecular weight excluding hydrogens is 400 g/mol. The van der Waals surface area contributed by atoms with Crippen LogP contribution >= 0.6 is 11.6 Å². The summed E-state index contributed by atoms with van der Waals surface area (Å²) < 4.78 is 25.4. The summed E-state index contributed by atoms with van der Waals surface area (Å²) in [5.41, 5.74) is 2.05. The van der Waals surface area contributed by atoms with Gasteiger partial charge in [0.2, 0.25) is 0 Å². The fraction of sp³-hybridized carbons (Fsp3) is 0.211. The van der Waals surface area contributed by atoms with Crippen LogP contribution in [0.5, 0.6) is 0 Å². The Balaban J connectivity index is 1.83. The molecular formula is C19H19ClN4O3S. The van der Waals surface area contributed by atoms with Gasteiger partial charge in [-0.25, -0.2) is 18.1 Å². The van der Waals surface area contributed by atoms with Gasteiger partial charge in [0, 0.05) is 18.9 Å². The van der Waals surface area contributed by atoms with Crippen LogP contribution < -0.4 is 0 Å². The van der Waals surface area contributed by atoms with Crippen LogP contribution in [0, 0.1) is 0 Å². The molecule has 1 atom stereocenters. The van der Waals surface area contributed by atoms with Crippen molar-refractivity contribution >= 4 is 27.3 Å². The van der Waals surface area contributed by atoms with Crippen LogP contribution in [-0.4, -0.2) is 47.3 Å². The van der Waals surface area contributed by atoms with Crippen LogP contribution in [0.15, 0.2) is 60.0 Å². The Morgan fingerprint density at radius 1 is 1.18 bits per heavy atom. The first-order valence-corrected chi connectivity index (χ1v) is 10.7. The minimum Gasteiger partial charge on any atom is -0.335 e. The molecule has 0 radical (unpaired) electrons. The monoisotopic (exact) mass is 418 g/mol. The molecule has 7 nitrogen and oxygen atoms in total. The molecule has 1 unspecified atom stereocenters. The predicted molar refractivity (Wildman–Crippen MR) is 106 cm³/mol. The van der Waals surface area contributed by atoms with E-state index in [4.69, 9.17) is 11.6 Å². The maximum Gasteiger partial charge on any atom is 0.254 e. The van der Waals surface area contributed by atoms with Crippen molar-refractivity contribution in [1.82, 2.24) is 19.7 Å². The number of benzene rings is 2. The lowest BCUT2D eigenvalue weighted by molar-refractivity contribution is 0.0742. The van der Waals surface area contributed by atoms with E-state index >= 15 is 0 Å². The molecule has 0 spiro atoms. The average Bonchev–Trinajstić information content (AvgIpc) is 3.20. The van der Waals surface area contributed by atoms with Crippen molar-refractivity contribution in [3.05, 3.63) is 71.3 Å². The van der Waals surface area contributed by atoms with Crippen molar-refractivity contribution < 1.29 is 13.2 Å². The molecule has 0 aliphatic rings. The number of carbonyl (C=O) groups excluding carboxylic acids is 1. The quantitative estimate of drug-likeness (QED) is 0.635. The molecule has 1 heterocycles. The normalized spacial score (nSPS) is 12.6. The second-order valence-corrected chi connectivity index (χ2v) is 8.83. The first-order valence-electron chi connectivity index (χ1n) is 8.40. The largest absolute Gasteiger partial charge is 0.335 e. The lowest BCUT2D eigenvalue weighted by atomic mass is 10.1. The third kappa shape index (κ3) is 4.07. The lowest BCUT2D eigenvalue weighted by Crippen LogP contribution is -2.29. The number of aromatic nitrogens is 3. The summed E-state index contributed by atoms with van der Waals surface area (Å²) in [7, 11) is -1.86. The molecule has 0 N–H and O–H groups in total. The Labute approximate surface area is 168 Å². The SMILES string of the molecule is CC(c1ccc(-n2cncn2)cc1)N(C)C(=O)c1ccc(Cl)c(S(C)(=O)=O)c1. The number of amides is 1. The van der Waals surface area contributed by atoms with Gasteiger partial charge < -0.3 is 4.90 Å². The van der Waals surface area contributed by atoms with E-state index in [9.17, 15) is 13.2 Å². The number of halogens is 1. The summed E-state index contributed by atoms with van der Waals surface area (Å²) in [6, 6.07) is 11.6.